The van der Waals surface area contributed by atoms with Crippen molar-refractivity contribution >= 4 is 0 Å². The third-order valence-electron chi connectivity index (χ3n) is 13.9. The summed E-state index contributed by atoms with van der Waals surface area (Å²) in [5.74, 6) is 2.46. The first-order valence-corrected chi connectivity index (χ1v) is 13.9. The van der Waals surface area contributed by atoms with Crippen LogP contribution in [0, 0.1) is 56.2 Å². The van der Waals surface area contributed by atoms with Gasteiger partial charge in [-0.25, -0.2) is 0 Å². The van der Waals surface area contributed by atoms with Crippen molar-refractivity contribution in [3.05, 3.63) is 0 Å². The van der Waals surface area contributed by atoms with E-state index in [1.807, 2.05) is 0 Å². The molecule has 0 aromatic carbocycles. The molecule has 0 amide bonds. The van der Waals surface area contributed by atoms with Crippen LogP contribution in [0.15, 0.2) is 0 Å². The van der Waals surface area contributed by atoms with Crippen LogP contribution in [0.4, 0.5) is 0 Å². The van der Waals surface area contributed by atoms with Gasteiger partial charge in [0.1, 0.15) is 0 Å². The quantitative estimate of drug-likeness (QED) is 0.412. The molecule has 0 radical (unpaired) electrons. The Balaban J connectivity index is 1.54. The molecule has 0 heterocycles. The monoisotopic (exact) mass is 446 g/mol. The van der Waals surface area contributed by atoms with E-state index in [2.05, 4.69) is 55.4 Å². The van der Waals surface area contributed by atoms with Crippen LogP contribution in [-0.2, 0) is 0 Å². The number of aliphatic hydroxyl groups excluding tert-OH is 1. The minimum absolute atomic E-state index is 0.0156. The van der Waals surface area contributed by atoms with Gasteiger partial charge in [-0.15, -0.1) is 0 Å². The van der Waals surface area contributed by atoms with E-state index in [1.165, 1.54) is 38.5 Å². The standard InChI is InChI=1S/C30H52O2/c1-25(2)19-11-17-29(7)21(27(19,5)15-13-23(25)31)9-10-22-28(6)16-14-24(32)26(3,4)20(28)12-18-30(22,29)8/h19-24,31-32H,9-18H2,1-8H3/t19-,20-,21+,22+,23-,24-,27-,28-,29+,30+/m0/s1/i23T. The van der Waals surface area contributed by atoms with Crippen LogP contribution in [-0.4, -0.2) is 22.4 Å². The van der Waals surface area contributed by atoms with Crippen LogP contribution in [0.1, 0.15) is 121 Å². The minimum Gasteiger partial charge on any atom is -0.393 e. The molecule has 0 aromatic heterocycles. The van der Waals surface area contributed by atoms with Crippen molar-refractivity contribution in [2.75, 3.05) is 0 Å². The van der Waals surface area contributed by atoms with Crippen LogP contribution in [0.5, 0.6) is 0 Å². The van der Waals surface area contributed by atoms with Gasteiger partial charge in [0.25, 0.3) is 0 Å². The molecule has 2 nitrogen and oxygen atoms in total. The molecule has 5 saturated carbocycles. The highest BCUT2D eigenvalue weighted by atomic mass is 16.3. The summed E-state index contributed by atoms with van der Waals surface area (Å²) < 4.78 is 8.72. The van der Waals surface area contributed by atoms with Crippen LogP contribution < -0.4 is 0 Å². The molecule has 5 rings (SSSR count). The SMILES string of the molecule is [3H][C@]1(O)CC[C@]2(C)[C@H]3CC[C@@H]4[C@@]5(C)CC[C@H](O)C(C)(C)[C@@H]5CC[C@@]4(C)[C@]3(C)CC[C@H]2C1(C)C. The molecule has 0 saturated heterocycles. The highest BCUT2D eigenvalue weighted by Crippen LogP contribution is 2.78. The maximum Gasteiger partial charge on any atom is 0.0606 e. The van der Waals surface area contributed by atoms with Gasteiger partial charge < -0.3 is 10.2 Å². The van der Waals surface area contributed by atoms with Crippen molar-refractivity contribution in [3.63, 3.8) is 0 Å². The largest absolute Gasteiger partial charge is 0.393 e. The molecular weight excluding hydrogens is 392 g/mol. The molecule has 0 spiro atoms. The van der Waals surface area contributed by atoms with E-state index in [1.54, 1.807) is 0 Å². The fraction of sp³-hybridized carbons (Fsp3) is 1.00. The number of aliphatic hydroxyl groups is 2. The first-order chi connectivity index (χ1) is 15.0. The minimum atomic E-state index is -1.30. The molecule has 0 bridgehead atoms. The highest BCUT2D eigenvalue weighted by molar-refractivity contribution is 5.20. The fourth-order valence-corrected chi connectivity index (χ4v) is 11.9. The Morgan fingerprint density at radius 1 is 0.531 bits per heavy atom. The second-order valence-corrected chi connectivity index (χ2v) is 15.3. The van der Waals surface area contributed by atoms with Crippen molar-refractivity contribution in [3.8, 4) is 0 Å². The molecule has 5 aliphatic rings. The molecular formula is C30H52O2. The van der Waals surface area contributed by atoms with Gasteiger partial charge in [0.05, 0.1) is 13.6 Å². The first kappa shape index (κ1) is 22.4. The summed E-state index contributed by atoms with van der Waals surface area (Å²) in [6.45, 7) is 19.5. The van der Waals surface area contributed by atoms with Crippen molar-refractivity contribution in [1.82, 2.24) is 0 Å². The maximum absolute atomic E-state index is 11.0. The zero-order chi connectivity index (χ0) is 24.5. The van der Waals surface area contributed by atoms with E-state index in [-0.39, 0.29) is 22.3 Å². The summed E-state index contributed by atoms with van der Waals surface area (Å²) in [5.41, 5.74) is 0.871. The Morgan fingerprint density at radius 2 is 0.969 bits per heavy atom. The van der Waals surface area contributed by atoms with E-state index >= 15 is 0 Å². The van der Waals surface area contributed by atoms with Gasteiger partial charge in [-0.1, -0.05) is 55.4 Å². The molecule has 2 N–H and O–H groups in total. The van der Waals surface area contributed by atoms with E-state index in [4.69, 9.17) is 1.37 Å². The van der Waals surface area contributed by atoms with Crippen LogP contribution in [0.3, 0.4) is 0 Å². The van der Waals surface area contributed by atoms with E-state index in [0.29, 0.717) is 40.4 Å². The number of hydrogen-bond donors (Lipinski definition) is 2. The van der Waals surface area contributed by atoms with Crippen LogP contribution in [0.2, 0.25) is 0 Å². The van der Waals surface area contributed by atoms with Gasteiger partial charge in [-0.2, -0.15) is 0 Å². The van der Waals surface area contributed by atoms with E-state index < -0.39 is 6.08 Å². The number of fused-ring (bicyclic) bond motifs is 7. The molecule has 184 valence electrons. The molecule has 10 atom stereocenters. The van der Waals surface area contributed by atoms with Gasteiger partial charge in [0.2, 0.25) is 0 Å². The Hall–Kier alpha value is -0.0800. The van der Waals surface area contributed by atoms with Gasteiger partial charge in [0.15, 0.2) is 0 Å². The lowest BCUT2D eigenvalue weighted by Gasteiger charge is -2.75. The third kappa shape index (κ3) is 2.61. The summed E-state index contributed by atoms with van der Waals surface area (Å²) >= 11 is 0. The topological polar surface area (TPSA) is 40.5 Å². The van der Waals surface area contributed by atoms with Crippen LogP contribution in [0.25, 0.3) is 0 Å². The average Bonchev–Trinajstić information content (AvgIpc) is 2.69. The second kappa shape index (κ2) is 6.77. The highest BCUT2D eigenvalue weighted by Gasteiger charge is 2.71. The molecule has 5 aliphatic carbocycles. The van der Waals surface area contributed by atoms with E-state index in [9.17, 15) is 10.2 Å². The Labute approximate surface area is 199 Å². The molecule has 32 heavy (non-hydrogen) atoms. The lowest BCUT2D eigenvalue weighted by molar-refractivity contribution is -0.270. The maximum atomic E-state index is 11.0. The van der Waals surface area contributed by atoms with Gasteiger partial charge in [-0.05, 0) is 120 Å². The lowest BCUT2D eigenvalue weighted by Crippen LogP contribution is -2.68. The van der Waals surface area contributed by atoms with Crippen molar-refractivity contribution in [2.45, 2.75) is 132 Å². The molecule has 0 aliphatic heterocycles. The Morgan fingerprint density at radius 3 is 1.47 bits per heavy atom. The fourth-order valence-electron chi connectivity index (χ4n) is 11.9. The summed E-state index contributed by atoms with van der Waals surface area (Å²) in [5, 5.41) is 21.9. The average molecular weight is 447 g/mol. The predicted molar refractivity (Wildman–Crippen MR) is 132 cm³/mol. The summed E-state index contributed by atoms with van der Waals surface area (Å²) in [6.07, 6.45) is 9.90. The second-order valence-electron chi connectivity index (χ2n) is 15.3. The van der Waals surface area contributed by atoms with Gasteiger partial charge in [0, 0.05) is 0 Å². The Bertz CT molecular complexity index is 818. The predicted octanol–water partition coefficient (Wildman–Crippen LogP) is 7.22. The van der Waals surface area contributed by atoms with Gasteiger partial charge in [-0.3, -0.25) is 0 Å². The Kier molecular flexibility index (Phi) is 4.74. The van der Waals surface area contributed by atoms with E-state index in [0.717, 1.165) is 25.2 Å². The van der Waals surface area contributed by atoms with Crippen molar-refractivity contribution in [2.24, 2.45) is 56.2 Å². The number of hydrogen-bond acceptors (Lipinski definition) is 2. The third-order valence-corrected chi connectivity index (χ3v) is 13.9. The summed E-state index contributed by atoms with van der Waals surface area (Å²) in [7, 11) is 0. The summed E-state index contributed by atoms with van der Waals surface area (Å²) in [6, 6.07) is 0. The molecule has 0 aromatic rings. The smallest absolute Gasteiger partial charge is 0.0606 e. The van der Waals surface area contributed by atoms with Crippen LogP contribution >= 0.6 is 0 Å². The number of rotatable bonds is 0. The van der Waals surface area contributed by atoms with Crippen molar-refractivity contribution < 1.29 is 11.6 Å². The molecule has 2 heteroatoms. The molecule has 5 fully saturated rings. The zero-order valence-corrected chi connectivity index (χ0v) is 22.4. The summed E-state index contributed by atoms with van der Waals surface area (Å²) in [4.78, 5) is 0. The van der Waals surface area contributed by atoms with Crippen molar-refractivity contribution in [1.29, 1.82) is 0 Å². The van der Waals surface area contributed by atoms with Gasteiger partial charge >= 0.3 is 0 Å². The zero-order valence-electron chi connectivity index (χ0n) is 23.4. The molecule has 0 unspecified atom stereocenters. The first-order valence-electron chi connectivity index (χ1n) is 14.4. The normalized spacial score (nSPS) is 61.4. The lowest BCUT2D eigenvalue weighted by atomic mass is 9.30.